The van der Waals surface area contributed by atoms with Crippen LogP contribution in [0.4, 0.5) is 5.69 Å². The molecule has 0 radical (unpaired) electrons. The summed E-state index contributed by atoms with van der Waals surface area (Å²) in [5.74, 6) is -0.965. The Labute approximate surface area is 127 Å². The third-order valence-corrected chi connectivity index (χ3v) is 3.74. The summed E-state index contributed by atoms with van der Waals surface area (Å²) in [5, 5.41) is 19.2. The van der Waals surface area contributed by atoms with Gasteiger partial charge in [0, 0.05) is 23.8 Å². The SMILES string of the molecule is C[C@H]1CN(c2ccc(C#N)c3ncccc23)C[C@@H](C(=O)O)O1. The predicted molar refractivity (Wildman–Crippen MR) is 80.6 cm³/mol. The lowest BCUT2D eigenvalue weighted by atomic mass is 10.1. The molecule has 1 saturated heterocycles. The van der Waals surface area contributed by atoms with Crippen molar-refractivity contribution in [2.75, 3.05) is 18.0 Å². The molecular weight excluding hydrogens is 282 g/mol. The van der Waals surface area contributed by atoms with Crippen LogP contribution in [-0.4, -0.2) is 41.4 Å². The summed E-state index contributed by atoms with van der Waals surface area (Å²) in [6, 6.07) is 9.41. The maximum absolute atomic E-state index is 11.2. The third kappa shape index (κ3) is 2.47. The van der Waals surface area contributed by atoms with Gasteiger partial charge in [-0.1, -0.05) is 0 Å². The van der Waals surface area contributed by atoms with E-state index in [0.29, 0.717) is 17.6 Å². The Morgan fingerprint density at radius 2 is 2.27 bits per heavy atom. The zero-order valence-electron chi connectivity index (χ0n) is 12.1. The van der Waals surface area contributed by atoms with Gasteiger partial charge in [-0.2, -0.15) is 5.26 Å². The molecule has 1 aromatic heterocycles. The zero-order chi connectivity index (χ0) is 15.7. The van der Waals surface area contributed by atoms with E-state index in [1.54, 1.807) is 12.3 Å². The van der Waals surface area contributed by atoms with E-state index >= 15 is 0 Å². The van der Waals surface area contributed by atoms with Crippen LogP contribution in [0.25, 0.3) is 10.9 Å². The van der Waals surface area contributed by atoms with Crippen LogP contribution in [0.15, 0.2) is 30.5 Å². The highest BCUT2D eigenvalue weighted by Crippen LogP contribution is 2.30. The fourth-order valence-electron chi connectivity index (χ4n) is 2.81. The first-order valence-electron chi connectivity index (χ1n) is 7.01. The number of aromatic nitrogens is 1. The van der Waals surface area contributed by atoms with Gasteiger partial charge >= 0.3 is 5.97 Å². The number of fused-ring (bicyclic) bond motifs is 1. The largest absolute Gasteiger partial charge is 0.479 e. The minimum Gasteiger partial charge on any atom is -0.479 e. The number of nitriles is 1. The van der Waals surface area contributed by atoms with Gasteiger partial charge in [-0.05, 0) is 31.2 Å². The molecule has 1 N–H and O–H groups in total. The van der Waals surface area contributed by atoms with Crippen molar-refractivity contribution in [1.82, 2.24) is 4.98 Å². The molecule has 0 amide bonds. The number of rotatable bonds is 2. The quantitative estimate of drug-likeness (QED) is 0.909. The van der Waals surface area contributed by atoms with Crippen LogP contribution in [0, 0.1) is 11.3 Å². The summed E-state index contributed by atoms with van der Waals surface area (Å²) in [5.41, 5.74) is 2.02. The summed E-state index contributed by atoms with van der Waals surface area (Å²) < 4.78 is 5.45. The van der Waals surface area contributed by atoms with Gasteiger partial charge < -0.3 is 14.7 Å². The average molecular weight is 297 g/mol. The Morgan fingerprint density at radius 3 is 3.00 bits per heavy atom. The standard InChI is InChI=1S/C16H15N3O3/c1-10-8-19(9-14(22-10)16(20)21)13-5-4-11(7-17)15-12(13)3-2-6-18-15/h2-6,10,14H,8-9H2,1H3,(H,20,21)/t10-,14-/m0/s1. The minimum absolute atomic E-state index is 0.183. The van der Waals surface area contributed by atoms with Gasteiger partial charge in [0.25, 0.3) is 0 Å². The molecule has 0 bridgehead atoms. The number of carbonyl (C=O) groups is 1. The van der Waals surface area contributed by atoms with E-state index in [1.807, 2.05) is 30.0 Å². The molecule has 2 heterocycles. The van der Waals surface area contributed by atoms with E-state index in [4.69, 9.17) is 4.74 Å². The van der Waals surface area contributed by atoms with Gasteiger partial charge in [0.15, 0.2) is 6.10 Å². The van der Waals surface area contributed by atoms with Crippen molar-refractivity contribution in [3.8, 4) is 6.07 Å². The first kappa shape index (κ1) is 14.3. The number of hydrogen-bond donors (Lipinski definition) is 1. The van der Waals surface area contributed by atoms with Gasteiger partial charge in [0.2, 0.25) is 0 Å². The normalized spacial score (nSPS) is 21.5. The van der Waals surface area contributed by atoms with Crippen molar-refractivity contribution in [3.63, 3.8) is 0 Å². The zero-order valence-corrected chi connectivity index (χ0v) is 12.1. The highest BCUT2D eigenvalue weighted by Gasteiger charge is 2.31. The number of carboxylic acid groups (broad SMARTS) is 1. The molecule has 0 aliphatic carbocycles. The first-order valence-corrected chi connectivity index (χ1v) is 7.01. The van der Waals surface area contributed by atoms with Crippen LogP contribution in [0.1, 0.15) is 12.5 Å². The van der Waals surface area contributed by atoms with E-state index in [-0.39, 0.29) is 12.6 Å². The summed E-state index contributed by atoms with van der Waals surface area (Å²) >= 11 is 0. The van der Waals surface area contributed by atoms with E-state index in [9.17, 15) is 15.2 Å². The number of ether oxygens (including phenoxy) is 1. The van der Waals surface area contributed by atoms with Crippen molar-refractivity contribution < 1.29 is 14.6 Å². The molecule has 1 fully saturated rings. The number of carboxylic acids is 1. The molecular formula is C16H15N3O3. The van der Waals surface area contributed by atoms with Crippen LogP contribution in [0.5, 0.6) is 0 Å². The molecule has 2 atom stereocenters. The van der Waals surface area contributed by atoms with Crippen LogP contribution in [0.3, 0.4) is 0 Å². The Morgan fingerprint density at radius 1 is 1.45 bits per heavy atom. The van der Waals surface area contributed by atoms with Gasteiger partial charge in [0.05, 0.1) is 23.7 Å². The molecule has 112 valence electrons. The minimum atomic E-state index is -0.965. The van der Waals surface area contributed by atoms with Crippen LogP contribution in [-0.2, 0) is 9.53 Å². The number of benzene rings is 1. The highest BCUT2D eigenvalue weighted by atomic mass is 16.5. The number of aliphatic carboxylic acids is 1. The molecule has 0 saturated carbocycles. The fourth-order valence-corrected chi connectivity index (χ4v) is 2.81. The molecule has 1 aliphatic heterocycles. The number of anilines is 1. The van der Waals surface area contributed by atoms with Crippen molar-refractivity contribution in [3.05, 3.63) is 36.0 Å². The first-order chi connectivity index (χ1) is 10.6. The molecule has 0 spiro atoms. The van der Waals surface area contributed by atoms with E-state index in [0.717, 1.165) is 11.1 Å². The topological polar surface area (TPSA) is 86.5 Å². The van der Waals surface area contributed by atoms with Gasteiger partial charge in [0.1, 0.15) is 6.07 Å². The monoisotopic (exact) mass is 297 g/mol. The third-order valence-electron chi connectivity index (χ3n) is 3.74. The molecule has 0 unspecified atom stereocenters. The van der Waals surface area contributed by atoms with Crippen LogP contribution < -0.4 is 4.90 Å². The summed E-state index contributed by atoms with van der Waals surface area (Å²) in [7, 11) is 0. The highest BCUT2D eigenvalue weighted by molar-refractivity contribution is 5.95. The van der Waals surface area contributed by atoms with Crippen LogP contribution >= 0.6 is 0 Å². The van der Waals surface area contributed by atoms with Crippen molar-refractivity contribution in [2.24, 2.45) is 0 Å². The molecule has 22 heavy (non-hydrogen) atoms. The lowest BCUT2D eigenvalue weighted by molar-refractivity contribution is -0.154. The Balaban J connectivity index is 2.07. The van der Waals surface area contributed by atoms with E-state index < -0.39 is 12.1 Å². The molecule has 2 aromatic rings. The van der Waals surface area contributed by atoms with Gasteiger partial charge in [-0.25, -0.2) is 4.79 Å². The van der Waals surface area contributed by atoms with Crippen molar-refractivity contribution in [1.29, 1.82) is 5.26 Å². The number of nitrogens with zero attached hydrogens (tertiary/aromatic N) is 3. The lowest BCUT2D eigenvalue weighted by Gasteiger charge is -2.37. The second-order valence-corrected chi connectivity index (χ2v) is 5.32. The average Bonchev–Trinajstić information content (AvgIpc) is 2.53. The summed E-state index contributed by atoms with van der Waals surface area (Å²) in [4.78, 5) is 17.5. The van der Waals surface area contributed by atoms with E-state index in [1.165, 1.54) is 0 Å². The molecule has 6 heteroatoms. The second-order valence-electron chi connectivity index (χ2n) is 5.32. The number of hydrogen-bond acceptors (Lipinski definition) is 5. The number of pyridine rings is 1. The van der Waals surface area contributed by atoms with Gasteiger partial charge in [-0.3, -0.25) is 4.98 Å². The van der Waals surface area contributed by atoms with Crippen molar-refractivity contribution in [2.45, 2.75) is 19.1 Å². The maximum Gasteiger partial charge on any atom is 0.334 e. The fraction of sp³-hybridized carbons (Fsp3) is 0.312. The molecule has 6 nitrogen and oxygen atoms in total. The van der Waals surface area contributed by atoms with E-state index in [2.05, 4.69) is 11.1 Å². The smallest absolute Gasteiger partial charge is 0.334 e. The summed E-state index contributed by atoms with van der Waals surface area (Å²) in [6.07, 6.45) is 0.609. The predicted octanol–water partition coefficient (Wildman–Crippen LogP) is 1.78. The van der Waals surface area contributed by atoms with Crippen molar-refractivity contribution >= 4 is 22.6 Å². The molecule has 1 aromatic carbocycles. The Hall–Kier alpha value is -2.65. The molecule has 1 aliphatic rings. The maximum atomic E-state index is 11.2. The Kier molecular flexibility index (Phi) is 3.65. The Bertz CT molecular complexity index is 769. The van der Waals surface area contributed by atoms with Gasteiger partial charge in [-0.15, -0.1) is 0 Å². The summed E-state index contributed by atoms with van der Waals surface area (Å²) in [6.45, 7) is 2.72. The second kappa shape index (κ2) is 5.62. The lowest BCUT2D eigenvalue weighted by Crippen LogP contribution is -2.49. The van der Waals surface area contributed by atoms with Crippen LogP contribution in [0.2, 0.25) is 0 Å². The number of morpholine rings is 1. The molecule has 3 rings (SSSR count).